The van der Waals surface area contributed by atoms with Crippen molar-refractivity contribution < 1.29 is 42.9 Å². The molecule has 0 rings (SSSR count). The van der Waals surface area contributed by atoms with Crippen molar-refractivity contribution in [1.82, 2.24) is 0 Å². The number of allylic oxidation sites excluding steroid dienone is 24. The molecular weight excluding hydrogens is 1200 g/mol. The van der Waals surface area contributed by atoms with Crippen molar-refractivity contribution in [3.05, 3.63) is 146 Å². The van der Waals surface area contributed by atoms with E-state index >= 15 is 0 Å². The molecule has 0 aromatic rings. The van der Waals surface area contributed by atoms with Gasteiger partial charge >= 0.3 is 17.9 Å². The van der Waals surface area contributed by atoms with Gasteiger partial charge in [0.1, 0.15) is 13.2 Å². The minimum atomic E-state index is -1.52. The summed E-state index contributed by atoms with van der Waals surface area (Å²) in [4.78, 5) is 37.7. The Kier molecular flexibility index (Phi) is 73.1. The van der Waals surface area contributed by atoms with Gasteiger partial charge in [-0.2, -0.15) is 0 Å². The molecule has 0 aromatic heterocycles. The zero-order valence-electron chi connectivity index (χ0n) is 63.4. The first-order valence-corrected chi connectivity index (χ1v) is 40.0. The number of carboxylic acid groups (broad SMARTS) is 1. The Hall–Kier alpha value is -4.83. The fourth-order valence-corrected chi connectivity index (χ4v) is 11.1. The molecule has 0 saturated heterocycles. The second kappa shape index (κ2) is 76.9. The van der Waals surface area contributed by atoms with Crippen molar-refractivity contribution in [3.8, 4) is 0 Å². The van der Waals surface area contributed by atoms with Gasteiger partial charge in [0, 0.05) is 12.8 Å². The lowest BCUT2D eigenvalue weighted by atomic mass is 10.0. The monoisotopic (exact) mass is 1350 g/mol. The van der Waals surface area contributed by atoms with E-state index in [0.29, 0.717) is 23.9 Å². The Morgan fingerprint density at radius 3 is 0.825 bits per heavy atom. The predicted octanol–water partition coefficient (Wildman–Crippen LogP) is 25.8. The first-order valence-electron chi connectivity index (χ1n) is 40.0. The van der Waals surface area contributed by atoms with Crippen LogP contribution >= 0.6 is 0 Å². The summed E-state index contributed by atoms with van der Waals surface area (Å²) in [7, 11) is 5.98. The summed E-state index contributed by atoms with van der Waals surface area (Å²) in [6, 6.07) is 0. The fraction of sp³-hybridized carbons (Fsp3) is 0.693. The van der Waals surface area contributed by atoms with Crippen LogP contribution < -0.4 is 0 Å². The van der Waals surface area contributed by atoms with Gasteiger partial charge in [-0.15, -0.1) is 0 Å². The van der Waals surface area contributed by atoms with Gasteiger partial charge in [-0.05, 0) is 116 Å². The number of carbonyl (C=O) groups excluding carboxylic acids is 2. The zero-order chi connectivity index (χ0) is 70.4. The normalized spacial score (nSPS) is 13.5. The molecule has 0 bridgehead atoms. The predicted molar refractivity (Wildman–Crippen MR) is 419 cm³/mol. The number of carbonyl (C=O) groups is 3. The highest BCUT2D eigenvalue weighted by atomic mass is 16.7. The van der Waals surface area contributed by atoms with E-state index in [1.807, 2.05) is 21.1 Å². The van der Waals surface area contributed by atoms with Gasteiger partial charge < -0.3 is 28.5 Å². The lowest BCUT2D eigenvalue weighted by molar-refractivity contribution is -0.870. The van der Waals surface area contributed by atoms with Crippen LogP contribution in [0.4, 0.5) is 0 Å². The molecule has 0 spiro atoms. The number of carboxylic acids is 1. The third-order valence-electron chi connectivity index (χ3n) is 17.1. The Labute approximate surface area is 598 Å². The maximum Gasteiger partial charge on any atom is 0.361 e. The Morgan fingerprint density at radius 1 is 0.309 bits per heavy atom. The molecule has 0 radical (unpaired) electrons. The van der Waals surface area contributed by atoms with Crippen LogP contribution in [-0.4, -0.2) is 87.4 Å². The van der Waals surface area contributed by atoms with Crippen LogP contribution in [0.2, 0.25) is 0 Å². The molecule has 0 aliphatic rings. The maximum absolute atomic E-state index is 13.0. The van der Waals surface area contributed by atoms with Crippen LogP contribution in [0.3, 0.4) is 0 Å². The topological polar surface area (TPSA) is 108 Å². The zero-order valence-corrected chi connectivity index (χ0v) is 63.4. The van der Waals surface area contributed by atoms with Crippen LogP contribution in [0, 0.1) is 0 Å². The molecule has 97 heavy (non-hydrogen) atoms. The lowest BCUT2D eigenvalue weighted by Crippen LogP contribution is -2.40. The van der Waals surface area contributed by atoms with Crippen LogP contribution in [0.5, 0.6) is 0 Å². The molecule has 0 fully saturated rings. The quantitative estimate of drug-likeness (QED) is 0.0211. The Bertz CT molecular complexity index is 2110. The first-order chi connectivity index (χ1) is 47.6. The lowest BCUT2D eigenvalue weighted by Gasteiger charge is -2.25. The third-order valence-corrected chi connectivity index (χ3v) is 17.1. The summed E-state index contributed by atoms with van der Waals surface area (Å²) in [5.74, 6) is -2.01. The minimum Gasteiger partial charge on any atom is -0.477 e. The van der Waals surface area contributed by atoms with E-state index in [1.165, 1.54) is 180 Å². The van der Waals surface area contributed by atoms with Crippen molar-refractivity contribution in [3.63, 3.8) is 0 Å². The number of quaternary nitrogens is 1. The number of rotatable bonds is 73. The van der Waals surface area contributed by atoms with Gasteiger partial charge in [0.2, 0.25) is 0 Å². The number of ether oxygens (including phenoxy) is 4. The van der Waals surface area contributed by atoms with E-state index in [9.17, 15) is 19.5 Å². The molecule has 0 aromatic carbocycles. The maximum atomic E-state index is 13.0. The summed E-state index contributed by atoms with van der Waals surface area (Å²) >= 11 is 0. The number of likely N-dealkylation sites (N-methyl/N-ethyl adjacent to an activating group) is 1. The molecule has 0 amide bonds. The molecule has 554 valence electrons. The third kappa shape index (κ3) is 78.4. The summed E-state index contributed by atoms with van der Waals surface area (Å²) in [6.45, 7) is 4.66. The molecular formula is C88H150NO8+. The van der Waals surface area contributed by atoms with Gasteiger partial charge in [-0.3, -0.25) is 9.59 Å². The van der Waals surface area contributed by atoms with Crippen molar-refractivity contribution in [2.75, 3.05) is 47.5 Å². The van der Waals surface area contributed by atoms with Crippen molar-refractivity contribution in [2.45, 2.75) is 347 Å². The van der Waals surface area contributed by atoms with Gasteiger partial charge in [-0.25, -0.2) is 4.79 Å². The number of nitrogens with zero attached hydrogens (tertiary/aromatic N) is 1. The standard InChI is InChI=1S/C88H149NO8/c1-6-8-10-12-14-16-18-20-22-24-26-28-30-32-34-36-38-40-41-42-43-44-45-47-48-50-52-54-56-58-60-62-64-66-68-70-72-74-76-78-85(90)95-82-84(83-96-88(87(92)93)94-81-80-89(3,4)5)97-86(91)79-77-75-73-71-69-67-65-63-61-59-57-55-53-51-49-46-39-37-35-33-31-29-27-25-23-21-19-17-15-13-11-9-7-2/h8-11,14-17,20-23,26-29,33,35,39,46,51,53,57,59,84,88H,6-7,12-13,18-19,24-25,30-32,34,36-38,40-45,47-50,52,54-56,58,60-83H2,1-5H3/p+1/b10-8-,11-9-,16-14-,17-15-,22-20-,23-21-,28-26-,29-27-,35-33-,46-39-,53-51-,59-57-. The van der Waals surface area contributed by atoms with Crippen LogP contribution in [0.1, 0.15) is 335 Å². The van der Waals surface area contributed by atoms with Crippen molar-refractivity contribution in [1.29, 1.82) is 0 Å². The molecule has 9 heteroatoms. The molecule has 0 heterocycles. The SMILES string of the molecule is CC/C=C\C/C=C\C/C=C\C/C=C\C/C=C\C/C=C\C/C=C\C/C=C\CCCCCCCCCCC(=O)OC(COC(=O)CCCCCCCCCCCCCCCCCCCCCCCCCCCC/C=C\C/C=C\C/C=C\C/C=C\CC)COC(OCC[N+](C)(C)C)C(=O)O. The van der Waals surface area contributed by atoms with Gasteiger partial charge in [0.15, 0.2) is 6.10 Å². The average Bonchev–Trinajstić information content (AvgIpc) is 2.59. The minimum absolute atomic E-state index is 0.181. The smallest absolute Gasteiger partial charge is 0.361 e. The Morgan fingerprint density at radius 2 is 0.557 bits per heavy atom. The molecule has 2 atom stereocenters. The van der Waals surface area contributed by atoms with Crippen LogP contribution in [0.15, 0.2) is 146 Å². The number of aliphatic carboxylic acids is 1. The van der Waals surface area contributed by atoms with E-state index < -0.39 is 24.3 Å². The number of hydrogen-bond acceptors (Lipinski definition) is 7. The van der Waals surface area contributed by atoms with E-state index in [-0.39, 0.29) is 32.2 Å². The van der Waals surface area contributed by atoms with Gasteiger partial charge in [-0.1, -0.05) is 352 Å². The largest absolute Gasteiger partial charge is 0.477 e. The molecule has 0 aliphatic heterocycles. The van der Waals surface area contributed by atoms with E-state index in [1.54, 1.807) is 0 Å². The summed E-state index contributed by atoms with van der Waals surface area (Å²) < 4.78 is 23.0. The molecule has 2 unspecified atom stereocenters. The molecule has 0 aliphatic carbocycles. The van der Waals surface area contributed by atoms with E-state index in [0.717, 1.165) is 122 Å². The second-order valence-corrected chi connectivity index (χ2v) is 27.6. The summed E-state index contributed by atoms with van der Waals surface area (Å²) in [5.41, 5.74) is 0. The molecule has 0 saturated carbocycles. The van der Waals surface area contributed by atoms with Crippen LogP contribution in [-0.2, 0) is 33.3 Å². The van der Waals surface area contributed by atoms with Crippen molar-refractivity contribution in [2.24, 2.45) is 0 Å². The Balaban J connectivity index is 4.04. The van der Waals surface area contributed by atoms with Crippen LogP contribution in [0.25, 0.3) is 0 Å². The summed E-state index contributed by atoms with van der Waals surface area (Å²) in [6.07, 6.45) is 110. The number of esters is 2. The molecule has 1 N–H and O–H groups in total. The van der Waals surface area contributed by atoms with Gasteiger partial charge in [0.25, 0.3) is 6.29 Å². The number of unbranched alkanes of at least 4 members (excludes halogenated alkanes) is 34. The first kappa shape index (κ1) is 92.2. The van der Waals surface area contributed by atoms with E-state index in [4.69, 9.17) is 18.9 Å². The van der Waals surface area contributed by atoms with E-state index in [2.05, 4.69) is 160 Å². The second-order valence-electron chi connectivity index (χ2n) is 27.6. The highest BCUT2D eigenvalue weighted by molar-refractivity contribution is 5.71. The molecule has 9 nitrogen and oxygen atoms in total. The fourth-order valence-electron chi connectivity index (χ4n) is 11.1. The van der Waals surface area contributed by atoms with Crippen molar-refractivity contribution >= 4 is 17.9 Å². The highest BCUT2D eigenvalue weighted by Gasteiger charge is 2.25. The average molecular weight is 1350 g/mol. The van der Waals surface area contributed by atoms with Gasteiger partial charge in [0.05, 0.1) is 34.4 Å². The highest BCUT2D eigenvalue weighted by Crippen LogP contribution is 2.18. The number of hydrogen-bond donors (Lipinski definition) is 1. The summed E-state index contributed by atoms with van der Waals surface area (Å²) in [5, 5.41) is 9.77.